The molecule has 2 aromatic heterocycles. The van der Waals surface area contributed by atoms with Crippen LogP contribution < -0.4 is 5.32 Å². The zero-order valence-electron chi connectivity index (χ0n) is 10.8. The number of thiazole rings is 1. The maximum Gasteiger partial charge on any atom is 0.225 e. The molecule has 0 saturated heterocycles. The van der Waals surface area contributed by atoms with Gasteiger partial charge in [0.1, 0.15) is 0 Å². The highest BCUT2D eigenvalue weighted by Crippen LogP contribution is 2.16. The molecule has 19 heavy (non-hydrogen) atoms. The molecule has 1 unspecified atom stereocenters. The van der Waals surface area contributed by atoms with E-state index in [1.807, 2.05) is 26.0 Å². The van der Waals surface area contributed by atoms with Crippen molar-refractivity contribution in [2.45, 2.75) is 26.3 Å². The number of aromatic nitrogens is 2. The van der Waals surface area contributed by atoms with Gasteiger partial charge in [0.25, 0.3) is 0 Å². The Hall–Kier alpha value is -1.53. The predicted octanol–water partition coefficient (Wildman–Crippen LogP) is 2.93. The van der Waals surface area contributed by atoms with E-state index in [-0.39, 0.29) is 11.9 Å². The van der Waals surface area contributed by atoms with Gasteiger partial charge in [0.05, 0.1) is 12.5 Å². The highest BCUT2D eigenvalue weighted by Gasteiger charge is 2.12. The summed E-state index contributed by atoms with van der Waals surface area (Å²) in [6.45, 7) is 3.89. The number of aromatic amines is 1. The molecule has 2 N–H and O–H groups in total. The van der Waals surface area contributed by atoms with Gasteiger partial charge in [-0.2, -0.15) is 0 Å². The molecule has 2 heterocycles. The van der Waals surface area contributed by atoms with Crippen molar-refractivity contribution < 1.29 is 4.79 Å². The predicted molar refractivity (Wildman–Crippen MR) is 78.7 cm³/mol. The summed E-state index contributed by atoms with van der Waals surface area (Å²) in [6.07, 6.45) is 3.80. The lowest BCUT2D eigenvalue weighted by atomic mass is 10.1. The van der Waals surface area contributed by atoms with Gasteiger partial charge in [-0.1, -0.05) is 0 Å². The smallest absolute Gasteiger partial charge is 0.225 e. The first-order chi connectivity index (χ1) is 9.06. The molecule has 0 bridgehead atoms. The molecular formula is C13H15N3OS2. The van der Waals surface area contributed by atoms with Crippen LogP contribution in [0.5, 0.6) is 0 Å². The Morgan fingerprint density at radius 2 is 2.21 bits per heavy atom. The first-order valence-electron chi connectivity index (χ1n) is 5.94. The van der Waals surface area contributed by atoms with Gasteiger partial charge in [-0.15, -0.1) is 11.3 Å². The van der Waals surface area contributed by atoms with E-state index in [0.29, 0.717) is 10.4 Å². The number of hydrogen-bond acceptors (Lipinski definition) is 4. The topological polar surface area (TPSA) is 57.8 Å². The largest absolute Gasteiger partial charge is 0.349 e. The molecule has 4 nitrogen and oxygen atoms in total. The Labute approximate surface area is 120 Å². The molecule has 0 fully saturated rings. The fourth-order valence-electron chi connectivity index (χ4n) is 1.78. The number of amides is 1. The van der Waals surface area contributed by atoms with Crippen LogP contribution in [0.25, 0.3) is 0 Å². The maximum atomic E-state index is 12.0. The normalized spacial score (nSPS) is 12.1. The average Bonchev–Trinajstić information content (AvgIpc) is 2.68. The van der Waals surface area contributed by atoms with Crippen molar-refractivity contribution in [1.29, 1.82) is 0 Å². The molecule has 0 aliphatic rings. The molecule has 0 aliphatic heterocycles. The van der Waals surface area contributed by atoms with Crippen LogP contribution in [0.1, 0.15) is 29.1 Å². The van der Waals surface area contributed by atoms with E-state index in [1.54, 1.807) is 12.4 Å². The highest BCUT2D eigenvalue weighted by molar-refractivity contribution is 7.73. The van der Waals surface area contributed by atoms with E-state index >= 15 is 0 Å². The highest BCUT2D eigenvalue weighted by atomic mass is 32.1. The van der Waals surface area contributed by atoms with E-state index in [9.17, 15) is 4.79 Å². The van der Waals surface area contributed by atoms with Crippen LogP contribution in [0.4, 0.5) is 0 Å². The molecule has 0 aromatic carbocycles. The Balaban J connectivity index is 1.98. The van der Waals surface area contributed by atoms with E-state index < -0.39 is 0 Å². The van der Waals surface area contributed by atoms with Gasteiger partial charge < -0.3 is 10.3 Å². The summed E-state index contributed by atoms with van der Waals surface area (Å²) in [5.74, 6) is -0.00216. The van der Waals surface area contributed by atoms with Crippen LogP contribution in [-0.4, -0.2) is 15.9 Å². The minimum Gasteiger partial charge on any atom is -0.349 e. The first kappa shape index (κ1) is 13.9. The van der Waals surface area contributed by atoms with Crippen LogP contribution >= 0.6 is 23.6 Å². The third-order valence-electron chi connectivity index (χ3n) is 2.83. The van der Waals surface area contributed by atoms with E-state index in [2.05, 4.69) is 15.3 Å². The Kier molecular flexibility index (Phi) is 4.44. The third-order valence-corrected chi connectivity index (χ3v) is 4.16. The monoisotopic (exact) mass is 293 g/mol. The Morgan fingerprint density at radius 3 is 2.79 bits per heavy atom. The number of rotatable bonds is 4. The number of pyridine rings is 1. The van der Waals surface area contributed by atoms with Crippen LogP contribution in [0.15, 0.2) is 24.5 Å². The van der Waals surface area contributed by atoms with Crippen molar-refractivity contribution in [3.05, 3.63) is 44.6 Å². The summed E-state index contributed by atoms with van der Waals surface area (Å²) in [6, 6.07) is 3.77. The summed E-state index contributed by atoms with van der Waals surface area (Å²) in [7, 11) is 0. The van der Waals surface area contributed by atoms with Gasteiger partial charge in [0, 0.05) is 23.0 Å². The second-order valence-corrected chi connectivity index (χ2v) is 6.08. The lowest BCUT2D eigenvalue weighted by Crippen LogP contribution is -2.28. The molecule has 1 atom stereocenters. The van der Waals surface area contributed by atoms with Crippen molar-refractivity contribution in [2.75, 3.05) is 0 Å². The van der Waals surface area contributed by atoms with Crippen molar-refractivity contribution in [3.63, 3.8) is 0 Å². The molecule has 2 rings (SSSR count). The number of aryl methyl sites for hydroxylation is 1. The fraction of sp³-hybridized carbons (Fsp3) is 0.308. The van der Waals surface area contributed by atoms with Crippen molar-refractivity contribution in [3.8, 4) is 0 Å². The average molecular weight is 293 g/mol. The van der Waals surface area contributed by atoms with Gasteiger partial charge in [0.2, 0.25) is 5.91 Å². The molecule has 100 valence electrons. The number of carbonyl (C=O) groups is 1. The molecule has 0 radical (unpaired) electrons. The lowest BCUT2D eigenvalue weighted by molar-refractivity contribution is -0.121. The molecule has 0 aliphatic carbocycles. The summed E-state index contributed by atoms with van der Waals surface area (Å²) >= 11 is 6.52. The molecule has 0 saturated carbocycles. The number of nitrogens with zero attached hydrogens (tertiary/aromatic N) is 1. The van der Waals surface area contributed by atoms with Crippen LogP contribution in [0.2, 0.25) is 0 Å². The minimum absolute atomic E-state index is 0.00216. The van der Waals surface area contributed by atoms with Gasteiger partial charge in [-0.05, 0) is 43.8 Å². The Bertz CT molecular complexity index is 618. The van der Waals surface area contributed by atoms with Crippen molar-refractivity contribution in [2.24, 2.45) is 0 Å². The summed E-state index contributed by atoms with van der Waals surface area (Å²) < 4.78 is 0.711. The van der Waals surface area contributed by atoms with Crippen molar-refractivity contribution in [1.82, 2.24) is 15.3 Å². The van der Waals surface area contributed by atoms with Gasteiger partial charge >= 0.3 is 0 Å². The summed E-state index contributed by atoms with van der Waals surface area (Å²) in [4.78, 5) is 20.0. The molecular weight excluding hydrogens is 278 g/mol. The number of hydrogen-bond donors (Lipinski definition) is 2. The van der Waals surface area contributed by atoms with Crippen LogP contribution in [0.3, 0.4) is 0 Å². The third kappa shape index (κ3) is 3.71. The molecule has 0 spiro atoms. The minimum atomic E-state index is -0.0253. The van der Waals surface area contributed by atoms with Gasteiger partial charge in [0.15, 0.2) is 3.95 Å². The van der Waals surface area contributed by atoms with E-state index in [4.69, 9.17) is 12.2 Å². The van der Waals surface area contributed by atoms with Crippen LogP contribution in [-0.2, 0) is 11.2 Å². The van der Waals surface area contributed by atoms with Gasteiger partial charge in [-0.25, -0.2) is 0 Å². The van der Waals surface area contributed by atoms with E-state index in [0.717, 1.165) is 16.1 Å². The van der Waals surface area contributed by atoms with Crippen LogP contribution in [0, 0.1) is 10.9 Å². The maximum absolute atomic E-state index is 12.0. The number of carbonyl (C=O) groups excluding carboxylic acids is 1. The molecule has 6 heteroatoms. The Morgan fingerprint density at radius 1 is 1.53 bits per heavy atom. The first-order valence-corrected chi connectivity index (χ1v) is 7.16. The van der Waals surface area contributed by atoms with Crippen molar-refractivity contribution >= 4 is 29.5 Å². The second-order valence-electron chi connectivity index (χ2n) is 4.31. The zero-order chi connectivity index (χ0) is 13.8. The van der Waals surface area contributed by atoms with E-state index in [1.165, 1.54) is 11.3 Å². The molecule has 1 amide bonds. The van der Waals surface area contributed by atoms with Gasteiger partial charge in [-0.3, -0.25) is 9.78 Å². The summed E-state index contributed by atoms with van der Waals surface area (Å²) in [5, 5.41) is 2.97. The quantitative estimate of drug-likeness (QED) is 0.852. The fourth-order valence-corrected chi connectivity index (χ4v) is 3.07. The SMILES string of the molecule is Cc1[nH]c(=S)sc1CC(=O)NC(C)c1ccncc1. The number of H-pyrrole nitrogens is 1. The lowest BCUT2D eigenvalue weighted by Gasteiger charge is -2.13. The number of nitrogens with one attached hydrogen (secondary N) is 2. The standard InChI is InChI=1S/C13H15N3OS2/c1-8(10-3-5-14-6-4-10)15-12(17)7-11-9(2)16-13(18)19-11/h3-6,8H,7H2,1-2H3,(H,15,17)(H,16,18). The second kappa shape index (κ2) is 6.08. The molecule has 2 aromatic rings. The zero-order valence-corrected chi connectivity index (χ0v) is 12.4. The summed E-state index contributed by atoms with van der Waals surface area (Å²) in [5.41, 5.74) is 2.02.